The molecule has 1 unspecified atom stereocenters. The zero-order valence-electron chi connectivity index (χ0n) is 13.0. The van der Waals surface area contributed by atoms with Gasteiger partial charge in [-0.15, -0.1) is 0 Å². The number of carbonyl (C=O) groups excluding carboxylic acids is 2. The molecule has 7 heteroatoms. The van der Waals surface area contributed by atoms with Gasteiger partial charge in [0.25, 0.3) is 5.91 Å². The maximum Gasteiger partial charge on any atom is 0.254 e. The molecule has 3 rings (SSSR count). The molecule has 1 aliphatic rings. The van der Waals surface area contributed by atoms with Crippen molar-refractivity contribution in [1.29, 1.82) is 0 Å². The number of para-hydroxylation sites is 2. The predicted molar refractivity (Wildman–Crippen MR) is 84.4 cm³/mol. The van der Waals surface area contributed by atoms with Crippen molar-refractivity contribution in [1.82, 2.24) is 20.2 Å². The average molecular weight is 316 g/mol. The van der Waals surface area contributed by atoms with Gasteiger partial charge in [0.05, 0.1) is 24.1 Å². The standard InChI is InChI=1S/C16H20N4O3/c1-11(21)20-8-4-7-16(23,10-20)15(22)17-9-14-18-12-5-2-3-6-13(12)19-14/h2-3,5-6,23H,4,7-10H2,1H3,(H,17,22)(H,18,19). The third-order valence-corrected chi connectivity index (χ3v) is 4.19. The van der Waals surface area contributed by atoms with E-state index in [-0.39, 0.29) is 19.0 Å². The van der Waals surface area contributed by atoms with E-state index < -0.39 is 11.5 Å². The molecule has 0 spiro atoms. The van der Waals surface area contributed by atoms with Crippen LogP contribution in [0.1, 0.15) is 25.6 Å². The van der Waals surface area contributed by atoms with E-state index in [9.17, 15) is 14.7 Å². The van der Waals surface area contributed by atoms with Crippen molar-refractivity contribution >= 4 is 22.8 Å². The highest BCUT2D eigenvalue weighted by Gasteiger charge is 2.40. The lowest BCUT2D eigenvalue weighted by Crippen LogP contribution is -2.57. The quantitative estimate of drug-likeness (QED) is 0.770. The van der Waals surface area contributed by atoms with Crippen LogP contribution in [0.2, 0.25) is 0 Å². The molecule has 2 aromatic rings. The molecule has 0 bridgehead atoms. The van der Waals surface area contributed by atoms with Crippen LogP contribution in [-0.2, 0) is 16.1 Å². The van der Waals surface area contributed by atoms with Gasteiger partial charge in [0.2, 0.25) is 5.91 Å². The number of likely N-dealkylation sites (tertiary alicyclic amines) is 1. The first kappa shape index (κ1) is 15.5. The minimum atomic E-state index is -1.53. The summed E-state index contributed by atoms with van der Waals surface area (Å²) in [6.07, 6.45) is 0.955. The first-order chi connectivity index (χ1) is 11.0. The van der Waals surface area contributed by atoms with Crippen molar-refractivity contribution in [3.63, 3.8) is 0 Å². The summed E-state index contributed by atoms with van der Waals surface area (Å²) in [6.45, 7) is 2.26. The van der Waals surface area contributed by atoms with Crippen LogP contribution in [0.3, 0.4) is 0 Å². The topological polar surface area (TPSA) is 98.3 Å². The Balaban J connectivity index is 1.65. The Bertz CT molecular complexity index is 709. The van der Waals surface area contributed by atoms with E-state index in [0.717, 1.165) is 11.0 Å². The average Bonchev–Trinajstić information content (AvgIpc) is 2.95. The van der Waals surface area contributed by atoms with E-state index in [2.05, 4.69) is 15.3 Å². The summed E-state index contributed by atoms with van der Waals surface area (Å²) >= 11 is 0. The van der Waals surface area contributed by atoms with Gasteiger partial charge in [0.1, 0.15) is 5.82 Å². The lowest BCUT2D eigenvalue weighted by atomic mass is 9.92. The summed E-state index contributed by atoms with van der Waals surface area (Å²) in [6, 6.07) is 7.60. The number of hydrogen-bond donors (Lipinski definition) is 3. The predicted octanol–water partition coefficient (Wildman–Crippen LogP) is 0.552. The Morgan fingerprint density at radius 1 is 1.43 bits per heavy atom. The number of aliphatic hydroxyl groups is 1. The molecule has 1 saturated heterocycles. The number of nitrogens with one attached hydrogen (secondary N) is 2. The fourth-order valence-corrected chi connectivity index (χ4v) is 2.91. The third-order valence-electron chi connectivity index (χ3n) is 4.19. The van der Waals surface area contributed by atoms with E-state index in [0.29, 0.717) is 25.2 Å². The van der Waals surface area contributed by atoms with Gasteiger partial charge in [-0.1, -0.05) is 12.1 Å². The highest BCUT2D eigenvalue weighted by atomic mass is 16.3. The molecule has 1 aromatic heterocycles. The number of H-pyrrole nitrogens is 1. The van der Waals surface area contributed by atoms with Gasteiger partial charge >= 0.3 is 0 Å². The normalized spacial score (nSPS) is 21.4. The summed E-state index contributed by atoms with van der Waals surface area (Å²) in [5, 5.41) is 13.2. The molecule has 0 saturated carbocycles. The second-order valence-corrected chi connectivity index (χ2v) is 5.96. The number of fused-ring (bicyclic) bond motifs is 1. The number of piperidine rings is 1. The van der Waals surface area contributed by atoms with Crippen LogP contribution in [0.5, 0.6) is 0 Å². The van der Waals surface area contributed by atoms with Gasteiger partial charge in [-0.25, -0.2) is 4.98 Å². The Labute approximate surface area is 133 Å². The van der Waals surface area contributed by atoms with Gasteiger partial charge in [-0.05, 0) is 25.0 Å². The number of amides is 2. The highest BCUT2D eigenvalue weighted by Crippen LogP contribution is 2.21. The van der Waals surface area contributed by atoms with E-state index in [1.807, 2.05) is 24.3 Å². The number of β-amino-alcohol motifs (C(OH)–C–C–N with tert-alkyl or cyclic N) is 1. The molecule has 7 nitrogen and oxygen atoms in total. The first-order valence-electron chi connectivity index (χ1n) is 7.68. The maximum atomic E-state index is 12.3. The van der Waals surface area contributed by atoms with Crippen molar-refractivity contribution in [2.45, 2.75) is 31.9 Å². The lowest BCUT2D eigenvalue weighted by molar-refractivity contribution is -0.150. The number of aromatic nitrogens is 2. The molecule has 122 valence electrons. The molecular weight excluding hydrogens is 296 g/mol. The van der Waals surface area contributed by atoms with Gasteiger partial charge < -0.3 is 20.3 Å². The van der Waals surface area contributed by atoms with Crippen LogP contribution in [0.4, 0.5) is 0 Å². The van der Waals surface area contributed by atoms with E-state index >= 15 is 0 Å². The summed E-state index contributed by atoms with van der Waals surface area (Å²) in [5.41, 5.74) is 0.197. The SMILES string of the molecule is CC(=O)N1CCCC(O)(C(=O)NCc2nc3ccccc3[nH]2)C1. The van der Waals surface area contributed by atoms with E-state index in [1.54, 1.807) is 0 Å². The second-order valence-electron chi connectivity index (χ2n) is 5.96. The van der Waals surface area contributed by atoms with Crippen LogP contribution in [0.15, 0.2) is 24.3 Å². The van der Waals surface area contributed by atoms with Crippen LogP contribution in [0.25, 0.3) is 11.0 Å². The largest absolute Gasteiger partial charge is 0.378 e. The van der Waals surface area contributed by atoms with Gasteiger partial charge in [0, 0.05) is 13.5 Å². The van der Waals surface area contributed by atoms with E-state index in [1.165, 1.54) is 11.8 Å². The zero-order chi connectivity index (χ0) is 16.4. The van der Waals surface area contributed by atoms with Crippen molar-refractivity contribution in [2.24, 2.45) is 0 Å². The number of nitrogens with zero attached hydrogens (tertiary/aromatic N) is 2. The van der Waals surface area contributed by atoms with Crippen LogP contribution >= 0.6 is 0 Å². The first-order valence-corrected chi connectivity index (χ1v) is 7.68. The molecule has 1 aliphatic heterocycles. The number of rotatable bonds is 3. The molecule has 3 N–H and O–H groups in total. The minimum absolute atomic E-state index is 0.0360. The Morgan fingerprint density at radius 2 is 2.22 bits per heavy atom. The molecule has 1 aromatic carbocycles. The molecular formula is C16H20N4O3. The number of aromatic amines is 1. The Kier molecular flexibility index (Phi) is 4.04. The molecule has 1 atom stereocenters. The molecule has 0 radical (unpaired) electrons. The summed E-state index contributed by atoms with van der Waals surface area (Å²) in [7, 11) is 0. The van der Waals surface area contributed by atoms with Crippen molar-refractivity contribution < 1.29 is 14.7 Å². The number of carbonyl (C=O) groups is 2. The van der Waals surface area contributed by atoms with Gasteiger partial charge in [-0.3, -0.25) is 9.59 Å². The summed E-state index contributed by atoms with van der Waals surface area (Å²) in [5.74, 6) is 0.0273. The molecule has 2 amide bonds. The van der Waals surface area contributed by atoms with Gasteiger partial charge in [-0.2, -0.15) is 0 Å². The molecule has 1 fully saturated rings. The fourth-order valence-electron chi connectivity index (χ4n) is 2.91. The van der Waals surface area contributed by atoms with Crippen LogP contribution in [-0.4, -0.2) is 50.5 Å². The second kappa shape index (κ2) is 6.00. The Hall–Kier alpha value is -2.41. The summed E-state index contributed by atoms with van der Waals surface area (Å²) in [4.78, 5) is 32.8. The fraction of sp³-hybridized carbons (Fsp3) is 0.438. The number of imidazole rings is 1. The van der Waals surface area contributed by atoms with Gasteiger partial charge in [0.15, 0.2) is 5.60 Å². The molecule has 0 aliphatic carbocycles. The van der Waals surface area contributed by atoms with E-state index in [4.69, 9.17) is 0 Å². The monoisotopic (exact) mass is 316 g/mol. The number of hydrogen-bond acceptors (Lipinski definition) is 4. The smallest absolute Gasteiger partial charge is 0.254 e. The molecule has 2 heterocycles. The van der Waals surface area contributed by atoms with Crippen molar-refractivity contribution in [2.75, 3.05) is 13.1 Å². The minimum Gasteiger partial charge on any atom is -0.378 e. The zero-order valence-corrected chi connectivity index (χ0v) is 13.0. The maximum absolute atomic E-state index is 12.3. The third kappa shape index (κ3) is 3.19. The van der Waals surface area contributed by atoms with Crippen molar-refractivity contribution in [3.05, 3.63) is 30.1 Å². The Morgan fingerprint density at radius 3 is 2.96 bits per heavy atom. The van der Waals surface area contributed by atoms with Crippen LogP contribution in [0, 0.1) is 0 Å². The highest BCUT2D eigenvalue weighted by molar-refractivity contribution is 5.86. The summed E-state index contributed by atoms with van der Waals surface area (Å²) < 4.78 is 0. The molecule has 23 heavy (non-hydrogen) atoms. The van der Waals surface area contributed by atoms with Crippen LogP contribution < -0.4 is 5.32 Å². The van der Waals surface area contributed by atoms with Crippen molar-refractivity contribution in [3.8, 4) is 0 Å². The lowest BCUT2D eigenvalue weighted by Gasteiger charge is -2.37. The number of benzene rings is 1.